The number of aryl methyl sites for hydroxylation is 1. The molecule has 0 unspecified atom stereocenters. The van der Waals surface area contributed by atoms with Crippen LogP contribution in [-0.4, -0.2) is 39.4 Å². The number of methoxy groups -OCH3 is 1. The van der Waals surface area contributed by atoms with Crippen LogP contribution < -0.4 is 4.74 Å². The average Bonchev–Trinajstić information content (AvgIpc) is 2.63. The predicted octanol–water partition coefficient (Wildman–Crippen LogP) is 2.98. The van der Waals surface area contributed by atoms with Crippen molar-refractivity contribution in [2.45, 2.75) is 32.3 Å². The molecular weight excluding hydrogens is 366 g/mol. The summed E-state index contributed by atoms with van der Waals surface area (Å²) in [7, 11) is -0.930. The fourth-order valence-corrected chi connectivity index (χ4v) is 4.43. The summed E-state index contributed by atoms with van der Waals surface area (Å²) in [6.07, 6.45) is 0. The summed E-state index contributed by atoms with van der Waals surface area (Å²) in [4.78, 5) is 12.3. The van der Waals surface area contributed by atoms with Crippen molar-refractivity contribution >= 4 is 16.0 Å². The average molecular weight is 391 g/mol. The van der Waals surface area contributed by atoms with Gasteiger partial charge in [0.25, 0.3) is 0 Å². The molecule has 0 saturated carbocycles. The maximum Gasteiger partial charge on any atom is 0.321 e. The Hall–Kier alpha value is -2.38. The molecule has 2 aromatic rings. The second-order valence-electron chi connectivity index (χ2n) is 6.38. The number of carbonyl (C=O) groups excluding carboxylic acids is 1. The smallest absolute Gasteiger partial charge is 0.321 e. The summed E-state index contributed by atoms with van der Waals surface area (Å²) in [6, 6.07) is 10.9. The topological polar surface area (TPSA) is 72.9 Å². The van der Waals surface area contributed by atoms with Crippen LogP contribution in [0, 0.1) is 20.8 Å². The van der Waals surface area contributed by atoms with Gasteiger partial charge in [-0.2, -0.15) is 4.31 Å². The summed E-state index contributed by atoms with van der Waals surface area (Å²) < 4.78 is 37.5. The van der Waals surface area contributed by atoms with Crippen molar-refractivity contribution in [3.05, 3.63) is 58.7 Å². The van der Waals surface area contributed by atoms with Gasteiger partial charge in [0.2, 0.25) is 10.0 Å². The van der Waals surface area contributed by atoms with E-state index in [0.717, 1.165) is 15.4 Å². The van der Waals surface area contributed by atoms with Gasteiger partial charge in [-0.25, -0.2) is 8.42 Å². The van der Waals surface area contributed by atoms with E-state index in [4.69, 9.17) is 9.47 Å². The lowest BCUT2D eigenvalue weighted by atomic mass is 10.1. The number of likely N-dealkylation sites (N-methyl/N-ethyl adjacent to an activating group) is 1. The van der Waals surface area contributed by atoms with E-state index >= 15 is 0 Å². The summed E-state index contributed by atoms with van der Waals surface area (Å²) in [6.45, 7) is 5.00. The second kappa shape index (κ2) is 8.54. The number of nitrogens with zero attached hydrogens (tertiary/aromatic N) is 1. The van der Waals surface area contributed by atoms with E-state index in [9.17, 15) is 13.2 Å². The molecule has 0 atom stereocenters. The third-order valence-corrected chi connectivity index (χ3v) is 6.55. The van der Waals surface area contributed by atoms with Crippen LogP contribution in [0.3, 0.4) is 0 Å². The Morgan fingerprint density at radius 2 is 1.70 bits per heavy atom. The maximum absolute atomic E-state index is 13.0. The Morgan fingerprint density at radius 3 is 2.30 bits per heavy atom. The summed E-state index contributed by atoms with van der Waals surface area (Å²) >= 11 is 0. The van der Waals surface area contributed by atoms with Crippen LogP contribution in [0.2, 0.25) is 0 Å². The number of carbonyl (C=O) groups is 1. The van der Waals surface area contributed by atoms with Crippen LogP contribution in [0.4, 0.5) is 0 Å². The van der Waals surface area contributed by atoms with Crippen LogP contribution in [0.25, 0.3) is 0 Å². The SMILES string of the molecule is COc1cc(C)c(S(=O)(=O)N(C)CC(=O)OCc2ccccc2)c(C)c1C. The van der Waals surface area contributed by atoms with E-state index in [1.807, 2.05) is 30.3 Å². The quantitative estimate of drug-likeness (QED) is 0.679. The van der Waals surface area contributed by atoms with Crippen molar-refractivity contribution < 1.29 is 22.7 Å². The minimum atomic E-state index is -3.85. The molecule has 0 aromatic heterocycles. The van der Waals surface area contributed by atoms with Gasteiger partial charge in [0.15, 0.2) is 0 Å². The molecule has 0 aliphatic carbocycles. The molecule has 0 amide bonds. The van der Waals surface area contributed by atoms with Crippen LogP contribution in [0.15, 0.2) is 41.3 Å². The zero-order valence-corrected chi connectivity index (χ0v) is 17.1. The lowest BCUT2D eigenvalue weighted by molar-refractivity contribution is -0.144. The standard InChI is InChI=1S/C20H25NO5S/c1-14-11-18(25-5)15(2)16(3)20(14)27(23,24)21(4)12-19(22)26-13-17-9-7-6-8-10-17/h6-11H,12-13H2,1-5H3. The van der Waals surface area contributed by atoms with E-state index in [-0.39, 0.29) is 18.0 Å². The Morgan fingerprint density at radius 1 is 1.07 bits per heavy atom. The highest BCUT2D eigenvalue weighted by molar-refractivity contribution is 7.89. The monoisotopic (exact) mass is 391 g/mol. The van der Waals surface area contributed by atoms with E-state index in [1.54, 1.807) is 33.9 Å². The van der Waals surface area contributed by atoms with Crippen molar-refractivity contribution in [1.82, 2.24) is 4.31 Å². The van der Waals surface area contributed by atoms with Crippen LogP contribution in [0.5, 0.6) is 5.75 Å². The molecule has 2 aromatic carbocycles. The maximum atomic E-state index is 13.0. The first-order valence-electron chi connectivity index (χ1n) is 8.49. The zero-order chi connectivity index (χ0) is 20.2. The molecule has 0 bridgehead atoms. The predicted molar refractivity (Wildman–Crippen MR) is 103 cm³/mol. The lowest BCUT2D eigenvalue weighted by Crippen LogP contribution is -2.34. The molecule has 2 rings (SSSR count). The number of hydrogen-bond donors (Lipinski definition) is 0. The third-order valence-electron chi connectivity index (χ3n) is 4.46. The number of benzene rings is 2. The molecule has 0 aliphatic rings. The molecule has 7 heteroatoms. The molecule has 27 heavy (non-hydrogen) atoms. The first kappa shape index (κ1) is 20.9. The van der Waals surface area contributed by atoms with Crippen molar-refractivity contribution in [3.63, 3.8) is 0 Å². The summed E-state index contributed by atoms with van der Waals surface area (Å²) in [5, 5.41) is 0. The largest absolute Gasteiger partial charge is 0.496 e. The van der Waals surface area contributed by atoms with Gasteiger partial charge in [-0.05, 0) is 49.1 Å². The second-order valence-corrected chi connectivity index (χ2v) is 8.36. The molecule has 0 saturated heterocycles. The first-order valence-corrected chi connectivity index (χ1v) is 9.93. The Kier molecular flexibility index (Phi) is 6.62. The minimum absolute atomic E-state index is 0.104. The van der Waals surface area contributed by atoms with Gasteiger partial charge < -0.3 is 9.47 Å². The van der Waals surface area contributed by atoms with E-state index in [1.165, 1.54) is 7.05 Å². The Bertz CT molecular complexity index is 923. The molecule has 0 heterocycles. The number of esters is 1. The van der Waals surface area contributed by atoms with Gasteiger partial charge >= 0.3 is 5.97 Å². The Labute approximate surface area is 160 Å². The molecule has 0 fully saturated rings. The minimum Gasteiger partial charge on any atom is -0.496 e. The van der Waals surface area contributed by atoms with E-state index in [2.05, 4.69) is 0 Å². The fraction of sp³-hybridized carbons (Fsp3) is 0.350. The number of ether oxygens (including phenoxy) is 2. The third kappa shape index (κ3) is 4.67. The van der Waals surface area contributed by atoms with Gasteiger partial charge in [0.1, 0.15) is 18.9 Å². The van der Waals surface area contributed by atoms with Crippen LogP contribution in [-0.2, 0) is 26.2 Å². The van der Waals surface area contributed by atoms with E-state index in [0.29, 0.717) is 16.9 Å². The summed E-state index contributed by atoms with van der Waals surface area (Å²) in [5.41, 5.74) is 2.77. The van der Waals surface area contributed by atoms with Crippen LogP contribution >= 0.6 is 0 Å². The van der Waals surface area contributed by atoms with Gasteiger partial charge in [-0.15, -0.1) is 0 Å². The highest BCUT2D eigenvalue weighted by atomic mass is 32.2. The molecule has 0 radical (unpaired) electrons. The number of rotatable bonds is 7. The van der Waals surface area contributed by atoms with Crippen molar-refractivity contribution in [3.8, 4) is 5.75 Å². The molecule has 0 aliphatic heterocycles. The lowest BCUT2D eigenvalue weighted by Gasteiger charge is -2.21. The van der Waals surface area contributed by atoms with Crippen molar-refractivity contribution in [1.29, 1.82) is 0 Å². The van der Waals surface area contributed by atoms with Crippen molar-refractivity contribution in [2.75, 3.05) is 20.7 Å². The van der Waals surface area contributed by atoms with E-state index < -0.39 is 16.0 Å². The molecule has 0 N–H and O–H groups in total. The number of hydrogen-bond acceptors (Lipinski definition) is 5. The van der Waals surface area contributed by atoms with Gasteiger partial charge in [-0.1, -0.05) is 30.3 Å². The zero-order valence-electron chi connectivity index (χ0n) is 16.3. The highest BCUT2D eigenvalue weighted by Gasteiger charge is 2.28. The molecule has 0 spiro atoms. The highest BCUT2D eigenvalue weighted by Crippen LogP contribution is 2.31. The number of sulfonamides is 1. The molecule has 146 valence electrons. The van der Waals surface area contributed by atoms with Crippen LogP contribution in [0.1, 0.15) is 22.3 Å². The first-order chi connectivity index (χ1) is 12.7. The van der Waals surface area contributed by atoms with Gasteiger partial charge in [0.05, 0.1) is 12.0 Å². The van der Waals surface area contributed by atoms with Crippen molar-refractivity contribution in [2.24, 2.45) is 0 Å². The van der Waals surface area contributed by atoms with Gasteiger partial charge in [0, 0.05) is 7.05 Å². The normalized spacial score (nSPS) is 11.5. The fourth-order valence-electron chi connectivity index (χ4n) is 2.84. The Balaban J connectivity index is 2.17. The summed E-state index contributed by atoms with van der Waals surface area (Å²) in [5.74, 6) is 0.0272. The molecule has 6 nitrogen and oxygen atoms in total. The molecular formula is C20H25NO5S. The van der Waals surface area contributed by atoms with Gasteiger partial charge in [-0.3, -0.25) is 4.79 Å².